The Kier molecular flexibility index (Phi) is 4.57. The van der Waals surface area contributed by atoms with Gasteiger partial charge in [-0.2, -0.15) is 0 Å². The van der Waals surface area contributed by atoms with Crippen molar-refractivity contribution in [1.29, 1.82) is 0 Å². The van der Waals surface area contributed by atoms with E-state index in [4.69, 9.17) is 5.11 Å². The number of aromatic nitrogens is 2. The fourth-order valence-corrected chi connectivity index (χ4v) is 1.91. The number of aliphatic carboxylic acids is 1. The van der Waals surface area contributed by atoms with E-state index < -0.39 is 5.97 Å². The molecular weight excluding hydrogens is 218 g/mol. The molecule has 94 valence electrons. The van der Waals surface area contributed by atoms with E-state index in [1.165, 1.54) is 0 Å². The van der Waals surface area contributed by atoms with Crippen molar-refractivity contribution in [2.45, 2.75) is 39.8 Å². The molecule has 0 bridgehead atoms. The maximum atomic E-state index is 10.9. The van der Waals surface area contributed by atoms with E-state index in [0.29, 0.717) is 0 Å². The number of aryl methyl sites for hydroxylation is 1. The van der Waals surface area contributed by atoms with Crippen molar-refractivity contribution in [3.63, 3.8) is 0 Å². The second-order valence-electron chi connectivity index (χ2n) is 4.36. The summed E-state index contributed by atoms with van der Waals surface area (Å²) in [4.78, 5) is 21.2. The first kappa shape index (κ1) is 13.6. The minimum Gasteiger partial charge on any atom is -0.480 e. The second-order valence-corrected chi connectivity index (χ2v) is 4.36. The minimum absolute atomic E-state index is 0.00878. The fourth-order valence-electron chi connectivity index (χ4n) is 1.91. The maximum Gasteiger partial charge on any atom is 0.317 e. The molecule has 1 unspecified atom stereocenters. The Balaban J connectivity index is 2.95. The van der Waals surface area contributed by atoms with Crippen LogP contribution >= 0.6 is 0 Å². The smallest absolute Gasteiger partial charge is 0.317 e. The van der Waals surface area contributed by atoms with Gasteiger partial charge in [-0.3, -0.25) is 19.7 Å². The molecule has 1 heterocycles. The van der Waals surface area contributed by atoms with Crippen LogP contribution in [0.1, 0.15) is 38.2 Å². The third-order valence-corrected chi connectivity index (χ3v) is 2.79. The van der Waals surface area contributed by atoms with E-state index in [-0.39, 0.29) is 18.6 Å². The van der Waals surface area contributed by atoms with Crippen LogP contribution in [-0.2, 0) is 4.79 Å². The number of hydrogen-bond donors (Lipinski definition) is 1. The summed E-state index contributed by atoms with van der Waals surface area (Å²) in [5.74, 6) is -0.827. The first-order valence-corrected chi connectivity index (χ1v) is 5.68. The van der Waals surface area contributed by atoms with Gasteiger partial charge in [0.15, 0.2) is 0 Å². The number of carboxylic acid groups (broad SMARTS) is 1. The summed E-state index contributed by atoms with van der Waals surface area (Å²) in [6, 6.07) is 0.0855. The zero-order valence-electron chi connectivity index (χ0n) is 10.7. The Bertz CT molecular complexity index is 393. The summed E-state index contributed by atoms with van der Waals surface area (Å²) in [6.07, 6.45) is 3.28. The van der Waals surface area contributed by atoms with Crippen LogP contribution in [0.15, 0.2) is 12.4 Å². The second kappa shape index (κ2) is 5.72. The molecule has 0 radical (unpaired) electrons. The van der Waals surface area contributed by atoms with Crippen molar-refractivity contribution in [2.24, 2.45) is 0 Å². The highest BCUT2D eigenvalue weighted by atomic mass is 16.4. The minimum atomic E-state index is -0.827. The SMILES string of the molecule is Cc1nccnc1C(C)N(CC(=O)O)C(C)C. The normalized spacial score (nSPS) is 13.1. The molecule has 0 aliphatic heterocycles. The lowest BCUT2D eigenvalue weighted by Crippen LogP contribution is -2.38. The van der Waals surface area contributed by atoms with Crippen molar-refractivity contribution in [1.82, 2.24) is 14.9 Å². The van der Waals surface area contributed by atoms with Crippen LogP contribution in [0.2, 0.25) is 0 Å². The molecule has 5 nitrogen and oxygen atoms in total. The molecule has 0 aliphatic rings. The first-order chi connectivity index (χ1) is 7.93. The van der Waals surface area contributed by atoms with Crippen LogP contribution in [0.3, 0.4) is 0 Å². The van der Waals surface area contributed by atoms with Gasteiger partial charge in [-0.05, 0) is 27.7 Å². The molecule has 1 aromatic rings. The molecule has 0 saturated carbocycles. The molecule has 0 aliphatic carbocycles. The standard InChI is InChI=1S/C12H19N3O2/c1-8(2)15(7-11(16)17)10(4)12-9(3)13-5-6-14-12/h5-6,8,10H,7H2,1-4H3,(H,16,17). The Hall–Kier alpha value is -1.49. The van der Waals surface area contributed by atoms with Crippen molar-refractivity contribution in [3.8, 4) is 0 Å². The fraction of sp³-hybridized carbons (Fsp3) is 0.583. The van der Waals surface area contributed by atoms with Gasteiger partial charge in [0.2, 0.25) is 0 Å². The van der Waals surface area contributed by atoms with Gasteiger partial charge in [0.25, 0.3) is 0 Å². The quantitative estimate of drug-likeness (QED) is 0.843. The molecule has 0 aromatic carbocycles. The number of rotatable bonds is 5. The van der Waals surface area contributed by atoms with Crippen molar-refractivity contribution >= 4 is 5.97 Å². The number of carboxylic acids is 1. The van der Waals surface area contributed by atoms with Crippen LogP contribution in [-0.4, -0.2) is 38.5 Å². The van der Waals surface area contributed by atoms with Gasteiger partial charge in [0.1, 0.15) is 0 Å². The van der Waals surface area contributed by atoms with Gasteiger partial charge in [-0.25, -0.2) is 0 Å². The average Bonchev–Trinajstić information content (AvgIpc) is 2.25. The molecule has 0 saturated heterocycles. The zero-order chi connectivity index (χ0) is 13.0. The van der Waals surface area contributed by atoms with E-state index in [9.17, 15) is 4.79 Å². The predicted octanol–water partition coefficient (Wildman–Crippen LogP) is 1.64. The molecule has 1 rings (SSSR count). The molecular formula is C12H19N3O2. The monoisotopic (exact) mass is 237 g/mol. The summed E-state index contributed by atoms with van der Waals surface area (Å²) < 4.78 is 0. The lowest BCUT2D eigenvalue weighted by atomic mass is 10.1. The maximum absolute atomic E-state index is 10.9. The molecule has 0 fully saturated rings. The van der Waals surface area contributed by atoms with Crippen molar-refractivity contribution in [3.05, 3.63) is 23.8 Å². The molecule has 1 atom stereocenters. The molecule has 1 aromatic heterocycles. The van der Waals surface area contributed by atoms with Gasteiger partial charge in [-0.15, -0.1) is 0 Å². The van der Waals surface area contributed by atoms with E-state index in [1.54, 1.807) is 12.4 Å². The van der Waals surface area contributed by atoms with Crippen LogP contribution in [0.25, 0.3) is 0 Å². The Morgan fingerprint density at radius 3 is 2.41 bits per heavy atom. The highest BCUT2D eigenvalue weighted by Crippen LogP contribution is 2.21. The Labute approximate surface area is 102 Å². The van der Waals surface area contributed by atoms with Gasteiger partial charge < -0.3 is 5.11 Å². The summed E-state index contributed by atoms with van der Waals surface area (Å²) in [7, 11) is 0. The van der Waals surface area contributed by atoms with Crippen LogP contribution < -0.4 is 0 Å². The summed E-state index contributed by atoms with van der Waals surface area (Å²) in [6.45, 7) is 7.81. The topological polar surface area (TPSA) is 66.3 Å². The van der Waals surface area contributed by atoms with Gasteiger partial charge in [0.05, 0.1) is 24.0 Å². The molecule has 17 heavy (non-hydrogen) atoms. The third-order valence-electron chi connectivity index (χ3n) is 2.79. The van der Waals surface area contributed by atoms with E-state index >= 15 is 0 Å². The lowest BCUT2D eigenvalue weighted by Gasteiger charge is -2.31. The Morgan fingerprint density at radius 1 is 1.35 bits per heavy atom. The van der Waals surface area contributed by atoms with Gasteiger partial charge in [0, 0.05) is 18.4 Å². The number of nitrogens with zero attached hydrogens (tertiary/aromatic N) is 3. The van der Waals surface area contributed by atoms with E-state index in [1.807, 2.05) is 32.6 Å². The number of carbonyl (C=O) groups is 1. The highest BCUT2D eigenvalue weighted by molar-refractivity contribution is 5.69. The highest BCUT2D eigenvalue weighted by Gasteiger charge is 2.23. The number of hydrogen-bond acceptors (Lipinski definition) is 4. The summed E-state index contributed by atoms with van der Waals surface area (Å²) in [5, 5.41) is 8.92. The molecule has 0 amide bonds. The van der Waals surface area contributed by atoms with Crippen LogP contribution in [0, 0.1) is 6.92 Å². The summed E-state index contributed by atoms with van der Waals surface area (Å²) in [5.41, 5.74) is 1.68. The largest absolute Gasteiger partial charge is 0.480 e. The summed E-state index contributed by atoms with van der Waals surface area (Å²) >= 11 is 0. The van der Waals surface area contributed by atoms with E-state index in [0.717, 1.165) is 11.4 Å². The first-order valence-electron chi connectivity index (χ1n) is 5.68. The van der Waals surface area contributed by atoms with Crippen LogP contribution in [0.4, 0.5) is 0 Å². The van der Waals surface area contributed by atoms with Crippen molar-refractivity contribution in [2.75, 3.05) is 6.54 Å². The molecule has 1 N–H and O–H groups in total. The lowest BCUT2D eigenvalue weighted by molar-refractivity contribution is -0.139. The van der Waals surface area contributed by atoms with Gasteiger partial charge >= 0.3 is 5.97 Å². The zero-order valence-corrected chi connectivity index (χ0v) is 10.7. The predicted molar refractivity (Wildman–Crippen MR) is 64.7 cm³/mol. The van der Waals surface area contributed by atoms with Crippen molar-refractivity contribution < 1.29 is 9.90 Å². The average molecular weight is 237 g/mol. The van der Waals surface area contributed by atoms with Gasteiger partial charge in [-0.1, -0.05) is 0 Å². The Morgan fingerprint density at radius 2 is 1.94 bits per heavy atom. The van der Waals surface area contributed by atoms with Crippen LogP contribution in [0.5, 0.6) is 0 Å². The molecule has 5 heteroatoms. The molecule has 0 spiro atoms. The third kappa shape index (κ3) is 3.49. The van der Waals surface area contributed by atoms with E-state index in [2.05, 4.69) is 9.97 Å².